The topological polar surface area (TPSA) is 59.8 Å². The van der Waals surface area contributed by atoms with Crippen molar-refractivity contribution in [2.24, 2.45) is 0 Å². The van der Waals surface area contributed by atoms with E-state index in [1.807, 2.05) is 18.2 Å². The Labute approximate surface area is 165 Å². The van der Waals surface area contributed by atoms with Crippen LogP contribution in [-0.4, -0.2) is 20.7 Å². The lowest BCUT2D eigenvalue weighted by molar-refractivity contribution is 0.101. The van der Waals surface area contributed by atoms with Crippen LogP contribution in [0.1, 0.15) is 10.6 Å². The van der Waals surface area contributed by atoms with Crippen LogP contribution < -0.4 is 5.32 Å². The fourth-order valence-corrected chi connectivity index (χ4v) is 2.79. The molecule has 3 aromatic carbocycles. The third-order valence-corrected chi connectivity index (χ3v) is 4.27. The van der Waals surface area contributed by atoms with E-state index in [0.29, 0.717) is 22.2 Å². The predicted octanol–water partition coefficient (Wildman–Crippen LogP) is 4.98. The summed E-state index contributed by atoms with van der Waals surface area (Å²) in [4.78, 5) is 17.0. The van der Waals surface area contributed by atoms with Gasteiger partial charge in [-0.15, -0.1) is 5.10 Å². The predicted molar refractivity (Wildman–Crippen MR) is 106 cm³/mol. The summed E-state index contributed by atoms with van der Waals surface area (Å²) in [7, 11) is 0. The number of halogens is 2. The summed E-state index contributed by atoms with van der Waals surface area (Å²) in [6, 6.07) is 21.9. The largest absolute Gasteiger partial charge is 0.319 e. The molecule has 0 spiro atoms. The second-order valence-electron chi connectivity index (χ2n) is 5.97. The summed E-state index contributed by atoms with van der Waals surface area (Å²) >= 11 is 5.97. The second kappa shape index (κ2) is 7.62. The lowest BCUT2D eigenvalue weighted by Crippen LogP contribution is -2.14. The van der Waals surface area contributed by atoms with E-state index in [2.05, 4.69) is 15.4 Å². The fraction of sp³-hybridized carbons (Fsp3) is 0. The summed E-state index contributed by atoms with van der Waals surface area (Å²) in [5.74, 6) is -0.360. The van der Waals surface area contributed by atoms with E-state index in [-0.39, 0.29) is 11.6 Å². The molecule has 0 fully saturated rings. The maximum atomic E-state index is 13.3. The number of aromatic nitrogens is 3. The first kappa shape index (κ1) is 17.9. The number of anilines is 1. The molecule has 7 heteroatoms. The molecule has 0 saturated carbocycles. The molecule has 138 valence electrons. The Hall–Kier alpha value is -3.51. The Morgan fingerprint density at radius 1 is 0.929 bits per heavy atom. The summed E-state index contributed by atoms with van der Waals surface area (Å²) in [6.07, 6.45) is 0. The molecule has 0 unspecified atom stereocenters. The monoisotopic (exact) mass is 392 g/mol. The molecular formula is C21H14ClFN4O. The number of hydrogen-bond acceptors (Lipinski definition) is 3. The molecule has 0 aliphatic carbocycles. The second-order valence-corrected chi connectivity index (χ2v) is 6.41. The van der Waals surface area contributed by atoms with Gasteiger partial charge in [0.1, 0.15) is 5.82 Å². The first-order chi connectivity index (χ1) is 13.6. The standard InChI is InChI=1S/C21H14ClFN4O/c22-15-8-6-14(7-9-15)20-25-19(21(28)24-17-4-2-1-3-5-17)26-27(20)18-12-10-16(23)11-13-18/h1-13H,(H,24,28). The molecule has 0 bridgehead atoms. The zero-order valence-corrected chi connectivity index (χ0v) is 15.3. The van der Waals surface area contributed by atoms with Gasteiger partial charge in [-0.3, -0.25) is 4.79 Å². The Morgan fingerprint density at radius 3 is 2.29 bits per heavy atom. The first-order valence-corrected chi connectivity index (χ1v) is 8.83. The summed E-state index contributed by atoms with van der Waals surface area (Å²) < 4.78 is 14.8. The fourth-order valence-electron chi connectivity index (χ4n) is 2.66. The maximum Gasteiger partial charge on any atom is 0.295 e. The van der Waals surface area contributed by atoms with Gasteiger partial charge in [0.25, 0.3) is 5.91 Å². The number of rotatable bonds is 4. The van der Waals surface area contributed by atoms with Crippen molar-refractivity contribution in [2.45, 2.75) is 0 Å². The highest BCUT2D eigenvalue weighted by Gasteiger charge is 2.19. The minimum absolute atomic E-state index is 0.00173. The van der Waals surface area contributed by atoms with Gasteiger partial charge in [-0.05, 0) is 60.7 Å². The van der Waals surface area contributed by atoms with E-state index in [4.69, 9.17) is 11.6 Å². The average Bonchev–Trinajstić information content (AvgIpc) is 3.15. The molecule has 0 radical (unpaired) electrons. The number of carbonyl (C=O) groups is 1. The van der Waals surface area contributed by atoms with Gasteiger partial charge < -0.3 is 5.32 Å². The molecule has 0 atom stereocenters. The van der Waals surface area contributed by atoms with Crippen LogP contribution in [0.2, 0.25) is 5.02 Å². The van der Waals surface area contributed by atoms with E-state index in [0.717, 1.165) is 5.56 Å². The van der Waals surface area contributed by atoms with Gasteiger partial charge in [-0.2, -0.15) is 0 Å². The smallest absolute Gasteiger partial charge is 0.295 e. The van der Waals surface area contributed by atoms with Gasteiger partial charge in [0, 0.05) is 16.3 Å². The highest BCUT2D eigenvalue weighted by Crippen LogP contribution is 2.23. The molecule has 1 heterocycles. The van der Waals surface area contributed by atoms with E-state index in [1.165, 1.54) is 16.8 Å². The van der Waals surface area contributed by atoms with Crippen LogP contribution in [0.4, 0.5) is 10.1 Å². The van der Waals surface area contributed by atoms with Crippen LogP contribution in [-0.2, 0) is 0 Å². The lowest BCUT2D eigenvalue weighted by Gasteiger charge is -2.06. The first-order valence-electron chi connectivity index (χ1n) is 8.45. The Bertz CT molecular complexity index is 1050. The number of nitrogens with zero attached hydrogens (tertiary/aromatic N) is 3. The van der Waals surface area contributed by atoms with Crippen LogP contribution in [0.5, 0.6) is 0 Å². The van der Waals surface area contributed by atoms with Crippen molar-refractivity contribution in [3.63, 3.8) is 0 Å². The summed E-state index contributed by atoms with van der Waals surface area (Å²) in [5.41, 5.74) is 1.94. The Balaban J connectivity index is 1.76. The van der Waals surface area contributed by atoms with Gasteiger partial charge in [0.05, 0.1) is 5.69 Å². The number of para-hydroxylation sites is 1. The van der Waals surface area contributed by atoms with Crippen LogP contribution >= 0.6 is 11.6 Å². The maximum absolute atomic E-state index is 13.3. The normalized spacial score (nSPS) is 10.6. The Kier molecular flexibility index (Phi) is 4.87. The van der Waals surface area contributed by atoms with E-state index in [9.17, 15) is 9.18 Å². The quantitative estimate of drug-likeness (QED) is 0.533. The molecule has 0 saturated heterocycles. The summed E-state index contributed by atoms with van der Waals surface area (Å²) in [5, 5.41) is 7.69. The van der Waals surface area contributed by atoms with Crippen LogP contribution in [0.25, 0.3) is 17.1 Å². The van der Waals surface area contributed by atoms with E-state index in [1.54, 1.807) is 48.5 Å². The molecule has 0 aliphatic heterocycles. The summed E-state index contributed by atoms with van der Waals surface area (Å²) in [6.45, 7) is 0. The van der Waals surface area contributed by atoms with Crippen molar-refractivity contribution < 1.29 is 9.18 Å². The van der Waals surface area contributed by atoms with Gasteiger partial charge >= 0.3 is 0 Å². The lowest BCUT2D eigenvalue weighted by atomic mass is 10.2. The zero-order chi connectivity index (χ0) is 19.5. The number of hydrogen-bond donors (Lipinski definition) is 1. The third kappa shape index (κ3) is 3.77. The SMILES string of the molecule is O=C(Nc1ccccc1)c1nc(-c2ccc(Cl)cc2)n(-c2ccc(F)cc2)n1. The van der Waals surface area contributed by atoms with Crippen molar-refractivity contribution in [3.8, 4) is 17.1 Å². The molecule has 1 aromatic heterocycles. The molecule has 5 nitrogen and oxygen atoms in total. The van der Waals surface area contributed by atoms with E-state index >= 15 is 0 Å². The van der Waals surface area contributed by atoms with Crippen molar-refractivity contribution >= 4 is 23.2 Å². The van der Waals surface area contributed by atoms with Crippen molar-refractivity contribution in [2.75, 3.05) is 5.32 Å². The van der Waals surface area contributed by atoms with Gasteiger partial charge in [0.15, 0.2) is 5.82 Å². The molecule has 1 amide bonds. The number of nitrogens with one attached hydrogen (secondary N) is 1. The van der Waals surface area contributed by atoms with Crippen molar-refractivity contribution in [1.29, 1.82) is 0 Å². The van der Waals surface area contributed by atoms with Gasteiger partial charge in [-0.25, -0.2) is 14.1 Å². The molecule has 4 aromatic rings. The average molecular weight is 393 g/mol. The van der Waals surface area contributed by atoms with Crippen LogP contribution in [0.15, 0.2) is 78.9 Å². The number of amides is 1. The van der Waals surface area contributed by atoms with Gasteiger partial charge in [0.2, 0.25) is 5.82 Å². The van der Waals surface area contributed by atoms with Crippen molar-refractivity contribution in [1.82, 2.24) is 14.8 Å². The van der Waals surface area contributed by atoms with Gasteiger partial charge in [-0.1, -0.05) is 29.8 Å². The van der Waals surface area contributed by atoms with Crippen LogP contribution in [0, 0.1) is 5.82 Å². The number of benzene rings is 3. The highest BCUT2D eigenvalue weighted by atomic mass is 35.5. The van der Waals surface area contributed by atoms with Crippen LogP contribution in [0.3, 0.4) is 0 Å². The zero-order valence-electron chi connectivity index (χ0n) is 14.5. The highest BCUT2D eigenvalue weighted by molar-refractivity contribution is 6.30. The minimum atomic E-state index is -0.442. The molecular weight excluding hydrogens is 379 g/mol. The molecule has 0 aliphatic rings. The molecule has 4 rings (SSSR count). The number of carbonyl (C=O) groups excluding carboxylic acids is 1. The Morgan fingerprint density at radius 2 is 1.61 bits per heavy atom. The van der Waals surface area contributed by atoms with Crippen molar-refractivity contribution in [3.05, 3.63) is 95.5 Å². The third-order valence-electron chi connectivity index (χ3n) is 4.02. The minimum Gasteiger partial charge on any atom is -0.319 e. The van der Waals surface area contributed by atoms with E-state index < -0.39 is 5.91 Å². The molecule has 28 heavy (non-hydrogen) atoms. The molecule has 1 N–H and O–H groups in total.